The van der Waals surface area contributed by atoms with E-state index < -0.39 is 32.9 Å². The molecular weight excluding hydrogens is 315 g/mol. The summed E-state index contributed by atoms with van der Waals surface area (Å²) in [5, 5.41) is 9.17. The largest absolute Gasteiger partial charge is 0.534 e. The van der Waals surface area contributed by atoms with Crippen LogP contribution in [0.15, 0.2) is 30.5 Å². The quantitative estimate of drug-likeness (QED) is 0.688. The molecule has 0 amide bonds. The molecule has 1 heterocycles. The normalized spacial score (nSPS) is 12.3. The number of hydrogen-bond donors (Lipinski definition) is 1. The Hall–Kier alpha value is -2.36. The molecule has 1 N–H and O–H groups in total. The molecule has 2 aromatic rings. The molecule has 10 heteroatoms. The highest BCUT2D eigenvalue weighted by Gasteiger charge is 2.49. The van der Waals surface area contributed by atoms with E-state index in [1.165, 1.54) is 24.4 Å². The minimum Gasteiger partial charge on any atom is -0.478 e. The lowest BCUT2D eigenvalue weighted by Crippen LogP contribution is -2.28. The highest BCUT2D eigenvalue weighted by atomic mass is 32.2. The second kappa shape index (κ2) is 4.88. The molecule has 0 aliphatic rings. The lowest BCUT2D eigenvalue weighted by Gasteiger charge is -2.12. The molecule has 0 spiro atoms. The number of benzene rings is 1. The van der Waals surface area contributed by atoms with Crippen molar-refractivity contribution >= 4 is 27.0 Å². The van der Waals surface area contributed by atoms with Gasteiger partial charge >= 0.3 is 21.6 Å². The summed E-state index contributed by atoms with van der Waals surface area (Å²) in [5.41, 5.74) is -6.72. The molecule has 0 atom stereocenters. The molecule has 0 radical (unpaired) electrons. The van der Waals surface area contributed by atoms with Crippen molar-refractivity contribution in [3.63, 3.8) is 0 Å². The van der Waals surface area contributed by atoms with Crippen molar-refractivity contribution in [1.82, 2.24) is 4.98 Å². The topological polar surface area (TPSA) is 93.6 Å². The third kappa shape index (κ3) is 2.75. The van der Waals surface area contributed by atoms with Gasteiger partial charge in [-0.15, -0.1) is 0 Å². The first-order valence-electron chi connectivity index (χ1n) is 5.25. The smallest absolute Gasteiger partial charge is 0.478 e. The summed E-state index contributed by atoms with van der Waals surface area (Å²) in [6.45, 7) is 0. The maximum absolute atomic E-state index is 12.4. The first kappa shape index (κ1) is 15.0. The fourth-order valence-electron chi connectivity index (χ4n) is 1.53. The van der Waals surface area contributed by atoms with Gasteiger partial charge in [0.15, 0.2) is 5.75 Å². The number of fused-ring (bicyclic) bond motifs is 1. The predicted molar refractivity (Wildman–Crippen MR) is 64.3 cm³/mol. The van der Waals surface area contributed by atoms with Crippen LogP contribution in [0.4, 0.5) is 13.2 Å². The van der Waals surface area contributed by atoms with E-state index >= 15 is 0 Å². The zero-order chi connectivity index (χ0) is 15.8. The maximum Gasteiger partial charge on any atom is 0.534 e. The predicted octanol–water partition coefficient (Wildman–Crippen LogP) is 2.16. The summed E-state index contributed by atoms with van der Waals surface area (Å²) in [4.78, 5) is 14.7. The Morgan fingerprint density at radius 1 is 1.24 bits per heavy atom. The first-order valence-corrected chi connectivity index (χ1v) is 6.66. The van der Waals surface area contributed by atoms with Crippen molar-refractivity contribution in [3.8, 4) is 5.75 Å². The third-order valence-electron chi connectivity index (χ3n) is 2.44. The van der Waals surface area contributed by atoms with Crippen molar-refractivity contribution in [2.45, 2.75) is 5.51 Å². The third-order valence-corrected chi connectivity index (χ3v) is 3.39. The van der Waals surface area contributed by atoms with Crippen molar-refractivity contribution < 1.29 is 35.7 Å². The number of carbonyl (C=O) groups is 1. The SMILES string of the molecule is O=C(O)c1ccc2cccnc2c1OS(=O)(=O)C(F)(F)F. The summed E-state index contributed by atoms with van der Waals surface area (Å²) in [5.74, 6) is -2.62. The van der Waals surface area contributed by atoms with E-state index in [-0.39, 0.29) is 10.9 Å². The molecule has 0 aliphatic heterocycles. The van der Waals surface area contributed by atoms with E-state index in [9.17, 15) is 26.4 Å². The van der Waals surface area contributed by atoms with Gasteiger partial charge in [-0.1, -0.05) is 12.1 Å². The number of rotatable bonds is 3. The molecule has 0 aliphatic carbocycles. The van der Waals surface area contributed by atoms with E-state index in [1.807, 2.05) is 0 Å². The van der Waals surface area contributed by atoms with E-state index in [0.717, 1.165) is 6.07 Å². The zero-order valence-electron chi connectivity index (χ0n) is 9.96. The average molecular weight is 321 g/mol. The van der Waals surface area contributed by atoms with Crippen molar-refractivity contribution in [2.75, 3.05) is 0 Å². The van der Waals surface area contributed by atoms with Gasteiger partial charge in [-0.3, -0.25) is 4.98 Å². The number of carboxylic acids is 1. The fourth-order valence-corrected chi connectivity index (χ4v) is 2.01. The maximum atomic E-state index is 12.4. The first-order chi connectivity index (χ1) is 9.63. The van der Waals surface area contributed by atoms with Gasteiger partial charge in [0.1, 0.15) is 11.1 Å². The lowest BCUT2D eigenvalue weighted by molar-refractivity contribution is -0.0500. The number of pyridine rings is 1. The second-order valence-corrected chi connectivity index (χ2v) is 5.34. The molecule has 0 unspecified atom stereocenters. The molecule has 1 aromatic carbocycles. The summed E-state index contributed by atoms with van der Waals surface area (Å²) < 4.78 is 63.2. The Balaban J connectivity index is 2.72. The molecule has 0 fully saturated rings. The number of hydrogen-bond acceptors (Lipinski definition) is 5. The number of aromatic carboxylic acids is 1. The van der Waals surface area contributed by atoms with Gasteiger partial charge < -0.3 is 9.29 Å². The molecule has 0 saturated carbocycles. The molecule has 2 rings (SSSR count). The number of halogens is 3. The van der Waals surface area contributed by atoms with Crippen molar-refractivity contribution in [2.24, 2.45) is 0 Å². The van der Waals surface area contributed by atoms with Crippen LogP contribution in [0.3, 0.4) is 0 Å². The number of alkyl halides is 3. The van der Waals surface area contributed by atoms with Crippen LogP contribution in [0.1, 0.15) is 10.4 Å². The molecule has 6 nitrogen and oxygen atoms in total. The molecule has 0 bridgehead atoms. The standard InChI is InChI=1S/C11H6F3NO5S/c12-11(13,14)21(18,19)20-9-7(10(16)17)4-3-6-2-1-5-15-8(6)9/h1-5H,(H,16,17). The minimum absolute atomic E-state index is 0.231. The van der Waals surface area contributed by atoms with Crippen LogP contribution >= 0.6 is 0 Å². The number of carboxylic acid groups (broad SMARTS) is 1. The summed E-state index contributed by atoms with van der Waals surface area (Å²) in [6.07, 6.45) is 1.17. The number of aromatic nitrogens is 1. The van der Waals surface area contributed by atoms with Gasteiger partial charge in [-0.2, -0.15) is 21.6 Å². The monoisotopic (exact) mass is 321 g/mol. The Bertz CT molecular complexity index is 816. The van der Waals surface area contributed by atoms with Crippen LogP contribution in [0.2, 0.25) is 0 Å². The van der Waals surface area contributed by atoms with E-state index in [2.05, 4.69) is 9.17 Å². The van der Waals surface area contributed by atoms with Gasteiger partial charge in [0.05, 0.1) is 0 Å². The summed E-state index contributed by atoms with van der Waals surface area (Å²) in [7, 11) is -6.00. The lowest BCUT2D eigenvalue weighted by atomic mass is 10.1. The molecule has 21 heavy (non-hydrogen) atoms. The van der Waals surface area contributed by atoms with Crippen molar-refractivity contribution in [1.29, 1.82) is 0 Å². The Labute approximate surface area is 115 Å². The molecule has 1 aromatic heterocycles. The van der Waals surface area contributed by atoms with E-state index in [1.54, 1.807) is 0 Å². The summed E-state index contributed by atoms with van der Waals surface area (Å²) in [6, 6.07) is 5.08. The minimum atomic E-state index is -6.00. The van der Waals surface area contributed by atoms with Crippen LogP contribution in [-0.2, 0) is 10.1 Å². The van der Waals surface area contributed by atoms with Gasteiger partial charge in [0, 0.05) is 11.6 Å². The Kier molecular flexibility index (Phi) is 3.49. The number of nitrogens with zero attached hydrogens (tertiary/aromatic N) is 1. The van der Waals surface area contributed by atoms with Crippen LogP contribution in [0.25, 0.3) is 10.9 Å². The van der Waals surface area contributed by atoms with Gasteiger partial charge in [-0.05, 0) is 12.1 Å². The van der Waals surface area contributed by atoms with Gasteiger partial charge in [-0.25, -0.2) is 4.79 Å². The zero-order valence-corrected chi connectivity index (χ0v) is 10.8. The van der Waals surface area contributed by atoms with E-state index in [0.29, 0.717) is 0 Å². The summed E-state index contributed by atoms with van der Waals surface area (Å²) >= 11 is 0. The Morgan fingerprint density at radius 2 is 1.90 bits per heavy atom. The van der Waals surface area contributed by atoms with Crippen LogP contribution < -0.4 is 4.18 Å². The van der Waals surface area contributed by atoms with E-state index in [4.69, 9.17) is 5.11 Å². The Morgan fingerprint density at radius 3 is 2.48 bits per heavy atom. The average Bonchev–Trinajstić information content (AvgIpc) is 2.37. The molecule has 0 saturated heterocycles. The van der Waals surface area contributed by atoms with Crippen LogP contribution in [-0.4, -0.2) is 30.0 Å². The fraction of sp³-hybridized carbons (Fsp3) is 0.0909. The second-order valence-electron chi connectivity index (χ2n) is 3.81. The highest BCUT2D eigenvalue weighted by Crippen LogP contribution is 2.33. The van der Waals surface area contributed by atoms with Crippen LogP contribution in [0, 0.1) is 0 Å². The van der Waals surface area contributed by atoms with Crippen molar-refractivity contribution in [3.05, 3.63) is 36.0 Å². The van der Waals surface area contributed by atoms with Gasteiger partial charge in [0.25, 0.3) is 0 Å². The van der Waals surface area contributed by atoms with Gasteiger partial charge in [0.2, 0.25) is 0 Å². The molecule has 112 valence electrons. The highest BCUT2D eigenvalue weighted by molar-refractivity contribution is 7.88. The van der Waals surface area contributed by atoms with Crippen LogP contribution in [0.5, 0.6) is 5.75 Å². The molecular formula is C11H6F3NO5S.